The number of benzene rings is 4. The standard InChI is InChI=1S/C32H26N2O2/c1-20-9-4-6-12-25(20)22-14-15-27-29(19-22)34(3)31-23(11-8-16-33)17-24(18-28(31)30(27)32(35)36)26-13-7-5-10-21(26)2/h4-7,9-10,12-15,17-19H,8,11H2,1-3H3/p+1. The average molecular weight is 472 g/mol. The van der Waals surface area contributed by atoms with Crippen molar-refractivity contribution < 1.29 is 14.5 Å². The molecule has 0 aliphatic rings. The molecule has 0 bridgehead atoms. The quantitative estimate of drug-likeness (QED) is 0.223. The van der Waals surface area contributed by atoms with Gasteiger partial charge in [0, 0.05) is 18.1 Å². The second-order valence-electron chi connectivity index (χ2n) is 9.29. The second-order valence-corrected chi connectivity index (χ2v) is 9.29. The average Bonchev–Trinajstić information content (AvgIpc) is 2.87. The lowest BCUT2D eigenvalue weighted by molar-refractivity contribution is -0.617. The molecule has 0 amide bonds. The lowest BCUT2D eigenvalue weighted by Crippen LogP contribution is -2.32. The Kier molecular flexibility index (Phi) is 6.00. The summed E-state index contributed by atoms with van der Waals surface area (Å²) in [5.74, 6) is -0.956. The van der Waals surface area contributed by atoms with Crippen LogP contribution in [0.4, 0.5) is 0 Å². The Hall–Kier alpha value is -4.49. The largest absolute Gasteiger partial charge is 0.478 e. The maximum absolute atomic E-state index is 12.7. The molecule has 4 heteroatoms. The van der Waals surface area contributed by atoms with Crippen molar-refractivity contribution in [3.05, 3.63) is 101 Å². The Morgan fingerprint density at radius 1 is 0.861 bits per heavy atom. The Bertz CT molecular complexity index is 1710. The number of nitrogens with zero attached hydrogens (tertiary/aromatic N) is 2. The normalized spacial score (nSPS) is 11.1. The Labute approximate surface area is 210 Å². The van der Waals surface area contributed by atoms with E-state index in [4.69, 9.17) is 0 Å². The Balaban J connectivity index is 1.90. The van der Waals surface area contributed by atoms with Crippen LogP contribution >= 0.6 is 0 Å². The molecule has 0 atom stereocenters. The first-order chi connectivity index (χ1) is 17.4. The number of fused-ring (bicyclic) bond motifs is 2. The van der Waals surface area contributed by atoms with Crippen molar-refractivity contribution in [3.63, 3.8) is 0 Å². The second kappa shape index (κ2) is 9.28. The molecule has 0 saturated heterocycles. The molecule has 0 fully saturated rings. The van der Waals surface area contributed by atoms with Crippen LogP contribution in [0.3, 0.4) is 0 Å². The fraction of sp³-hybridized carbons (Fsp3) is 0.156. The third-order valence-corrected chi connectivity index (χ3v) is 7.05. The molecule has 5 rings (SSSR count). The number of carboxylic acids is 1. The van der Waals surface area contributed by atoms with Gasteiger partial charge < -0.3 is 5.11 Å². The number of aryl methyl sites for hydroxylation is 4. The zero-order valence-corrected chi connectivity index (χ0v) is 20.7. The van der Waals surface area contributed by atoms with E-state index >= 15 is 0 Å². The van der Waals surface area contributed by atoms with E-state index in [1.165, 1.54) is 0 Å². The smallest absolute Gasteiger partial charge is 0.337 e. The summed E-state index contributed by atoms with van der Waals surface area (Å²) in [6.45, 7) is 4.13. The van der Waals surface area contributed by atoms with Gasteiger partial charge >= 0.3 is 5.97 Å². The fourth-order valence-corrected chi connectivity index (χ4v) is 5.30. The highest BCUT2D eigenvalue weighted by molar-refractivity contribution is 6.13. The molecule has 1 N–H and O–H groups in total. The SMILES string of the molecule is Cc1ccccc1-c1cc(CCC#N)c2c(c1)c(C(=O)O)c1ccc(-c3ccccc3C)cc1[n+]2C. The van der Waals surface area contributed by atoms with Gasteiger partial charge in [0.05, 0.1) is 22.4 Å². The number of carbonyl (C=O) groups is 1. The van der Waals surface area contributed by atoms with Crippen LogP contribution in [0.5, 0.6) is 0 Å². The molecule has 1 heterocycles. The molecule has 5 aromatic rings. The molecule has 4 aromatic carbocycles. The molecule has 4 nitrogen and oxygen atoms in total. The zero-order valence-electron chi connectivity index (χ0n) is 20.7. The number of rotatable bonds is 5. The summed E-state index contributed by atoms with van der Waals surface area (Å²) < 4.78 is 2.09. The van der Waals surface area contributed by atoms with Crippen LogP contribution in [0.15, 0.2) is 78.9 Å². The summed E-state index contributed by atoms with van der Waals surface area (Å²) >= 11 is 0. The number of aromatic carboxylic acids is 1. The van der Waals surface area contributed by atoms with Crippen molar-refractivity contribution in [3.8, 4) is 28.3 Å². The summed E-state index contributed by atoms with van der Waals surface area (Å²) in [6.07, 6.45) is 0.901. The van der Waals surface area contributed by atoms with Gasteiger partial charge in [0.15, 0.2) is 0 Å². The molecule has 0 aliphatic carbocycles. The minimum absolute atomic E-state index is 0.295. The molecule has 1 aromatic heterocycles. The predicted octanol–water partition coefficient (Wildman–Crippen LogP) is 6.92. The third-order valence-electron chi connectivity index (χ3n) is 7.05. The first-order valence-electron chi connectivity index (χ1n) is 12.1. The lowest BCUT2D eigenvalue weighted by Gasteiger charge is -2.14. The van der Waals surface area contributed by atoms with Crippen LogP contribution in [0.1, 0.15) is 33.5 Å². The van der Waals surface area contributed by atoms with E-state index in [9.17, 15) is 15.2 Å². The first-order valence-corrected chi connectivity index (χ1v) is 12.1. The maximum atomic E-state index is 12.7. The number of pyridine rings is 1. The minimum atomic E-state index is -0.956. The van der Waals surface area contributed by atoms with Gasteiger partial charge in [0.2, 0.25) is 11.0 Å². The van der Waals surface area contributed by atoms with Crippen LogP contribution in [0.25, 0.3) is 44.1 Å². The van der Waals surface area contributed by atoms with Gasteiger partial charge in [0.1, 0.15) is 7.05 Å². The molecule has 0 spiro atoms. The Morgan fingerprint density at radius 2 is 1.50 bits per heavy atom. The van der Waals surface area contributed by atoms with Gasteiger partial charge in [-0.05, 0) is 71.8 Å². The van der Waals surface area contributed by atoms with Crippen LogP contribution in [-0.2, 0) is 13.5 Å². The molecular weight excluding hydrogens is 444 g/mol. The summed E-state index contributed by atoms with van der Waals surface area (Å²) in [6, 6.07) is 28.7. The zero-order chi connectivity index (χ0) is 25.4. The van der Waals surface area contributed by atoms with Crippen LogP contribution in [0, 0.1) is 25.2 Å². The number of hydrogen-bond donors (Lipinski definition) is 1. The minimum Gasteiger partial charge on any atom is -0.478 e. The van der Waals surface area contributed by atoms with E-state index < -0.39 is 5.97 Å². The van der Waals surface area contributed by atoms with Gasteiger partial charge in [-0.25, -0.2) is 4.79 Å². The van der Waals surface area contributed by atoms with Crippen molar-refractivity contribution in [1.82, 2.24) is 0 Å². The monoisotopic (exact) mass is 471 g/mol. The topological polar surface area (TPSA) is 65.0 Å². The van der Waals surface area contributed by atoms with Crippen molar-refractivity contribution in [2.75, 3.05) is 0 Å². The highest BCUT2D eigenvalue weighted by Gasteiger charge is 2.26. The van der Waals surface area contributed by atoms with E-state index in [2.05, 4.69) is 60.9 Å². The van der Waals surface area contributed by atoms with E-state index in [0.29, 0.717) is 29.2 Å². The summed E-state index contributed by atoms with van der Waals surface area (Å²) in [7, 11) is 1.99. The fourth-order valence-electron chi connectivity index (χ4n) is 5.30. The number of hydrogen-bond acceptors (Lipinski definition) is 2. The van der Waals surface area contributed by atoms with E-state index in [0.717, 1.165) is 50.0 Å². The third kappa shape index (κ3) is 3.89. The summed E-state index contributed by atoms with van der Waals surface area (Å²) in [5.41, 5.74) is 9.45. The van der Waals surface area contributed by atoms with Crippen molar-refractivity contribution in [1.29, 1.82) is 5.26 Å². The molecule has 0 radical (unpaired) electrons. The molecular formula is C32H27N2O2+. The summed E-state index contributed by atoms with van der Waals surface area (Å²) in [5, 5.41) is 21.2. The lowest BCUT2D eigenvalue weighted by atomic mass is 9.91. The number of aromatic nitrogens is 1. The van der Waals surface area contributed by atoms with Crippen LogP contribution in [0.2, 0.25) is 0 Å². The molecule has 176 valence electrons. The highest BCUT2D eigenvalue weighted by Crippen LogP contribution is 2.35. The number of carboxylic acid groups (broad SMARTS) is 1. The van der Waals surface area contributed by atoms with Gasteiger partial charge in [0.25, 0.3) is 0 Å². The maximum Gasteiger partial charge on any atom is 0.337 e. The van der Waals surface area contributed by atoms with Crippen molar-refractivity contribution in [2.24, 2.45) is 7.05 Å². The van der Waals surface area contributed by atoms with Gasteiger partial charge in [-0.3, -0.25) is 0 Å². The van der Waals surface area contributed by atoms with Gasteiger partial charge in [-0.1, -0.05) is 54.6 Å². The van der Waals surface area contributed by atoms with E-state index in [1.54, 1.807) is 0 Å². The molecule has 0 aliphatic heterocycles. The molecule has 36 heavy (non-hydrogen) atoms. The Morgan fingerprint density at radius 3 is 2.11 bits per heavy atom. The first kappa shape index (κ1) is 23.3. The number of nitriles is 1. The molecule has 0 saturated carbocycles. The highest BCUT2D eigenvalue weighted by atomic mass is 16.4. The van der Waals surface area contributed by atoms with E-state index in [-0.39, 0.29) is 0 Å². The molecule has 0 unspecified atom stereocenters. The van der Waals surface area contributed by atoms with Crippen molar-refractivity contribution >= 4 is 27.8 Å². The van der Waals surface area contributed by atoms with Crippen LogP contribution in [-0.4, -0.2) is 11.1 Å². The predicted molar refractivity (Wildman–Crippen MR) is 144 cm³/mol. The van der Waals surface area contributed by atoms with Crippen LogP contribution < -0.4 is 4.57 Å². The van der Waals surface area contributed by atoms with Crippen molar-refractivity contribution in [2.45, 2.75) is 26.7 Å². The summed E-state index contributed by atoms with van der Waals surface area (Å²) in [4.78, 5) is 12.7. The van der Waals surface area contributed by atoms with E-state index in [1.807, 2.05) is 49.5 Å². The van der Waals surface area contributed by atoms with Gasteiger partial charge in [-0.15, -0.1) is 0 Å². The van der Waals surface area contributed by atoms with Gasteiger partial charge in [-0.2, -0.15) is 9.83 Å².